The van der Waals surface area contributed by atoms with Crippen LogP contribution in [0.1, 0.15) is 39.3 Å². The Morgan fingerprint density at radius 2 is 1.97 bits per heavy atom. The standard InChI is InChI=1S/C27H30N2O4S/c1-4-28(27(31)20-9-7-10-21(16-20)32-3)17-26(30)29-14-12-25-22(13-15-34-25)23(29)18-33-24-11-6-5-8-19(24)2/h5-11,13,15-16,23H,4,12,14,17-18H2,1-3H3. The summed E-state index contributed by atoms with van der Waals surface area (Å²) in [5.74, 6) is 1.17. The van der Waals surface area contributed by atoms with Gasteiger partial charge in [0.2, 0.25) is 5.91 Å². The highest BCUT2D eigenvalue weighted by Gasteiger charge is 2.33. The smallest absolute Gasteiger partial charge is 0.254 e. The molecule has 0 N–H and O–H groups in total. The van der Waals surface area contributed by atoms with E-state index in [-0.39, 0.29) is 24.4 Å². The van der Waals surface area contributed by atoms with E-state index in [1.807, 2.05) is 43.0 Å². The van der Waals surface area contributed by atoms with Crippen molar-refractivity contribution in [2.75, 3.05) is 33.4 Å². The van der Waals surface area contributed by atoms with E-state index in [1.165, 1.54) is 4.88 Å². The first-order chi connectivity index (χ1) is 16.5. The summed E-state index contributed by atoms with van der Waals surface area (Å²) in [6.07, 6.45) is 0.815. The van der Waals surface area contributed by atoms with E-state index in [2.05, 4.69) is 11.4 Å². The van der Waals surface area contributed by atoms with Crippen LogP contribution in [-0.2, 0) is 11.2 Å². The Labute approximate surface area is 204 Å². The van der Waals surface area contributed by atoms with Crippen LogP contribution in [0.2, 0.25) is 0 Å². The number of nitrogens with zero attached hydrogens (tertiary/aromatic N) is 2. The molecular formula is C27H30N2O4S. The molecule has 0 saturated carbocycles. The minimum Gasteiger partial charge on any atom is -0.497 e. The largest absolute Gasteiger partial charge is 0.497 e. The Balaban J connectivity index is 1.51. The lowest BCUT2D eigenvalue weighted by molar-refractivity contribution is -0.135. The van der Waals surface area contributed by atoms with E-state index in [0.29, 0.717) is 31.0 Å². The van der Waals surface area contributed by atoms with E-state index < -0.39 is 0 Å². The molecule has 7 heteroatoms. The van der Waals surface area contributed by atoms with Gasteiger partial charge in [-0.2, -0.15) is 0 Å². The van der Waals surface area contributed by atoms with Crippen LogP contribution in [-0.4, -0.2) is 55.0 Å². The number of para-hydroxylation sites is 1. The van der Waals surface area contributed by atoms with Crippen LogP contribution in [0.3, 0.4) is 0 Å². The predicted octanol–water partition coefficient (Wildman–Crippen LogP) is 4.73. The van der Waals surface area contributed by atoms with Crippen LogP contribution < -0.4 is 9.47 Å². The van der Waals surface area contributed by atoms with Crippen molar-refractivity contribution in [1.82, 2.24) is 9.80 Å². The van der Waals surface area contributed by atoms with Gasteiger partial charge in [-0.15, -0.1) is 11.3 Å². The summed E-state index contributed by atoms with van der Waals surface area (Å²) in [5, 5.41) is 2.07. The fourth-order valence-electron chi connectivity index (χ4n) is 4.28. The average molecular weight is 479 g/mol. The molecule has 0 saturated heterocycles. The lowest BCUT2D eigenvalue weighted by Gasteiger charge is -2.37. The van der Waals surface area contributed by atoms with Gasteiger partial charge in [0.1, 0.15) is 24.7 Å². The zero-order valence-corrected chi connectivity index (χ0v) is 20.6. The third-order valence-corrected chi connectivity index (χ3v) is 7.21. The maximum atomic E-state index is 13.5. The number of rotatable bonds is 8. The van der Waals surface area contributed by atoms with Crippen LogP contribution in [0, 0.1) is 6.92 Å². The lowest BCUT2D eigenvalue weighted by atomic mass is 10.00. The molecule has 178 valence electrons. The molecule has 1 aliphatic heterocycles. The van der Waals surface area contributed by atoms with Crippen molar-refractivity contribution < 1.29 is 19.1 Å². The van der Waals surface area contributed by atoms with Crippen molar-refractivity contribution in [2.45, 2.75) is 26.3 Å². The highest BCUT2D eigenvalue weighted by Crippen LogP contribution is 2.34. The van der Waals surface area contributed by atoms with Gasteiger partial charge in [0.15, 0.2) is 0 Å². The van der Waals surface area contributed by atoms with Gasteiger partial charge in [-0.25, -0.2) is 0 Å². The first-order valence-electron chi connectivity index (χ1n) is 11.5. The molecule has 2 aromatic carbocycles. The molecule has 2 heterocycles. The Kier molecular flexibility index (Phi) is 7.53. The summed E-state index contributed by atoms with van der Waals surface area (Å²) in [5.41, 5.74) is 2.70. The van der Waals surface area contributed by atoms with Gasteiger partial charge in [-0.05, 0) is 67.1 Å². The number of fused-ring (bicyclic) bond motifs is 1. The quantitative estimate of drug-likeness (QED) is 0.470. The molecular weight excluding hydrogens is 448 g/mol. The minimum absolute atomic E-state index is 0.0207. The van der Waals surface area contributed by atoms with E-state index in [9.17, 15) is 9.59 Å². The normalized spacial score (nSPS) is 14.9. The maximum absolute atomic E-state index is 13.5. The molecule has 1 atom stereocenters. The first kappa shape index (κ1) is 23.8. The van der Waals surface area contributed by atoms with E-state index in [0.717, 1.165) is 23.3 Å². The van der Waals surface area contributed by atoms with Crippen LogP contribution in [0.15, 0.2) is 60.0 Å². The van der Waals surface area contributed by atoms with Gasteiger partial charge in [-0.3, -0.25) is 9.59 Å². The monoisotopic (exact) mass is 478 g/mol. The predicted molar refractivity (Wildman–Crippen MR) is 134 cm³/mol. The lowest BCUT2D eigenvalue weighted by Crippen LogP contribution is -2.47. The van der Waals surface area contributed by atoms with E-state index >= 15 is 0 Å². The number of benzene rings is 2. The summed E-state index contributed by atoms with van der Waals surface area (Å²) >= 11 is 1.72. The summed E-state index contributed by atoms with van der Waals surface area (Å²) in [7, 11) is 1.57. The molecule has 0 fully saturated rings. The van der Waals surface area contributed by atoms with Crippen molar-refractivity contribution in [3.05, 3.63) is 81.5 Å². The van der Waals surface area contributed by atoms with Crippen molar-refractivity contribution in [2.24, 2.45) is 0 Å². The van der Waals surface area contributed by atoms with Crippen molar-refractivity contribution >= 4 is 23.2 Å². The molecule has 3 aromatic rings. The van der Waals surface area contributed by atoms with E-state index in [1.54, 1.807) is 47.6 Å². The first-order valence-corrected chi connectivity index (χ1v) is 12.4. The molecule has 34 heavy (non-hydrogen) atoms. The Bertz CT molecular complexity index is 1160. The van der Waals surface area contributed by atoms with Gasteiger partial charge < -0.3 is 19.3 Å². The molecule has 0 aliphatic carbocycles. The number of amides is 2. The molecule has 6 nitrogen and oxygen atoms in total. The Morgan fingerprint density at radius 3 is 2.74 bits per heavy atom. The third-order valence-electron chi connectivity index (χ3n) is 6.22. The SMILES string of the molecule is CCN(CC(=O)N1CCc2sccc2C1COc1ccccc1C)C(=O)c1cccc(OC)c1. The van der Waals surface area contributed by atoms with Gasteiger partial charge in [-0.1, -0.05) is 24.3 Å². The van der Waals surface area contributed by atoms with Gasteiger partial charge in [0, 0.05) is 23.5 Å². The highest BCUT2D eigenvalue weighted by molar-refractivity contribution is 7.10. The molecule has 2 amide bonds. The molecule has 0 radical (unpaired) electrons. The van der Waals surface area contributed by atoms with Crippen LogP contribution in [0.5, 0.6) is 11.5 Å². The minimum atomic E-state index is -0.187. The second-order valence-corrected chi connectivity index (χ2v) is 9.28. The summed E-state index contributed by atoms with van der Waals surface area (Å²) in [6.45, 7) is 5.33. The zero-order chi connectivity index (χ0) is 24.1. The average Bonchev–Trinajstić information content (AvgIpc) is 3.35. The number of carbonyl (C=O) groups excluding carboxylic acids is 2. The Hall–Kier alpha value is -3.32. The number of likely N-dealkylation sites (N-methyl/N-ethyl adjacent to an activating group) is 1. The van der Waals surface area contributed by atoms with Gasteiger partial charge >= 0.3 is 0 Å². The molecule has 1 aromatic heterocycles. The number of thiophene rings is 1. The van der Waals surface area contributed by atoms with Gasteiger partial charge in [0.25, 0.3) is 5.91 Å². The Morgan fingerprint density at radius 1 is 1.15 bits per heavy atom. The number of carbonyl (C=O) groups is 2. The summed E-state index contributed by atoms with van der Waals surface area (Å²) < 4.78 is 11.4. The fraction of sp³-hybridized carbons (Fsp3) is 0.333. The highest BCUT2D eigenvalue weighted by atomic mass is 32.1. The summed E-state index contributed by atoms with van der Waals surface area (Å²) in [6, 6.07) is 16.8. The topological polar surface area (TPSA) is 59.1 Å². The number of aryl methyl sites for hydroxylation is 1. The second-order valence-electron chi connectivity index (χ2n) is 8.28. The number of methoxy groups -OCH3 is 1. The number of hydrogen-bond donors (Lipinski definition) is 0. The van der Waals surface area contributed by atoms with Gasteiger partial charge in [0.05, 0.1) is 13.2 Å². The van der Waals surface area contributed by atoms with Crippen molar-refractivity contribution in [3.8, 4) is 11.5 Å². The molecule has 1 unspecified atom stereocenters. The van der Waals surface area contributed by atoms with Crippen molar-refractivity contribution in [3.63, 3.8) is 0 Å². The van der Waals surface area contributed by atoms with E-state index in [4.69, 9.17) is 9.47 Å². The van der Waals surface area contributed by atoms with Crippen molar-refractivity contribution in [1.29, 1.82) is 0 Å². The summed E-state index contributed by atoms with van der Waals surface area (Å²) in [4.78, 5) is 31.4. The molecule has 4 rings (SSSR count). The van der Waals surface area contributed by atoms with Crippen LogP contribution in [0.4, 0.5) is 0 Å². The molecule has 0 spiro atoms. The fourth-order valence-corrected chi connectivity index (χ4v) is 5.21. The second kappa shape index (κ2) is 10.7. The maximum Gasteiger partial charge on any atom is 0.254 e. The molecule has 0 bridgehead atoms. The van der Waals surface area contributed by atoms with Crippen LogP contribution in [0.25, 0.3) is 0 Å². The van der Waals surface area contributed by atoms with Crippen LogP contribution >= 0.6 is 11.3 Å². The zero-order valence-electron chi connectivity index (χ0n) is 19.8. The number of hydrogen-bond acceptors (Lipinski definition) is 5. The molecule has 1 aliphatic rings. The third kappa shape index (κ3) is 5.09. The number of ether oxygens (including phenoxy) is 2.